The number of aliphatic hydroxyl groups excluding tert-OH is 1. The lowest BCUT2D eigenvalue weighted by atomic mass is 10.1. The quantitative estimate of drug-likeness (QED) is 0.166. The fourth-order valence-corrected chi connectivity index (χ4v) is 3.69. The van der Waals surface area contributed by atoms with E-state index >= 15 is 0 Å². The van der Waals surface area contributed by atoms with Crippen molar-refractivity contribution in [2.45, 2.75) is 82.6 Å². The number of anilines is 1. The van der Waals surface area contributed by atoms with Crippen LogP contribution in [0.3, 0.4) is 0 Å². The third kappa shape index (κ3) is 11.1. The number of alkyl halides is 2. The summed E-state index contributed by atoms with van der Waals surface area (Å²) in [6, 6.07) is 1.16. The smallest absolute Gasteiger partial charge is 0.351 e. The minimum absolute atomic E-state index is 0.0955. The molecule has 0 radical (unpaired) electrons. The van der Waals surface area contributed by atoms with Gasteiger partial charge in [0.25, 0.3) is 0 Å². The summed E-state index contributed by atoms with van der Waals surface area (Å²) >= 11 is 0. The second kappa shape index (κ2) is 17.3. The fraction of sp³-hybridized carbons (Fsp3) is 0.483. The van der Waals surface area contributed by atoms with E-state index in [1.54, 1.807) is 0 Å². The van der Waals surface area contributed by atoms with E-state index < -0.39 is 42.6 Å². The molecule has 0 amide bonds. The van der Waals surface area contributed by atoms with Crippen LogP contribution in [0.15, 0.2) is 77.8 Å². The fourth-order valence-electron chi connectivity index (χ4n) is 3.69. The highest BCUT2D eigenvalue weighted by Gasteiger charge is 2.60. The molecule has 3 unspecified atom stereocenters. The van der Waals surface area contributed by atoms with Gasteiger partial charge in [-0.3, -0.25) is 9.36 Å². The van der Waals surface area contributed by atoms with Gasteiger partial charge in [-0.05, 0) is 51.0 Å². The number of carbonyl (C=O) groups excluding carboxylic acids is 1. The Hall–Kier alpha value is -3.37. The number of ether oxygens (including phenoxy) is 2. The maximum atomic E-state index is 14.5. The van der Waals surface area contributed by atoms with Crippen LogP contribution in [0.4, 0.5) is 14.6 Å². The zero-order valence-electron chi connectivity index (χ0n) is 22.3. The molecule has 1 aliphatic rings. The summed E-state index contributed by atoms with van der Waals surface area (Å²) in [5.74, 6) is -4.51. The molecule has 1 aliphatic heterocycles. The third-order valence-corrected chi connectivity index (χ3v) is 5.80. The summed E-state index contributed by atoms with van der Waals surface area (Å²) in [4.78, 5) is 27.3. The van der Waals surface area contributed by atoms with Crippen LogP contribution in [-0.4, -0.2) is 45.4 Å². The number of aliphatic hydroxyl groups is 1. The van der Waals surface area contributed by atoms with Crippen molar-refractivity contribution in [2.75, 3.05) is 12.3 Å². The molecule has 0 aliphatic carbocycles. The van der Waals surface area contributed by atoms with Crippen molar-refractivity contribution in [3.05, 3.63) is 83.5 Å². The number of rotatable bonds is 16. The molecule has 0 saturated carbocycles. The number of nitrogen functional groups attached to an aromatic ring is 1. The molecule has 1 fully saturated rings. The number of hydrogen-bond acceptors (Lipinski definition) is 7. The number of carbonyl (C=O) groups is 1. The lowest BCUT2D eigenvalue weighted by Gasteiger charge is -2.20. The lowest BCUT2D eigenvalue weighted by Crippen LogP contribution is -2.42. The Morgan fingerprint density at radius 3 is 2.21 bits per heavy atom. The first kappa shape index (κ1) is 31.8. The molecule has 3 N–H and O–H groups in total. The largest absolute Gasteiger partial charge is 0.463 e. The lowest BCUT2D eigenvalue weighted by molar-refractivity contribution is -0.150. The summed E-state index contributed by atoms with van der Waals surface area (Å²) in [6.45, 7) is 1.56. The molecule has 1 saturated heterocycles. The predicted octanol–water partition coefficient (Wildman–Crippen LogP) is 5.18. The van der Waals surface area contributed by atoms with Crippen molar-refractivity contribution in [2.24, 2.45) is 0 Å². The highest BCUT2D eigenvalue weighted by Crippen LogP contribution is 2.42. The molecule has 214 valence electrons. The topological polar surface area (TPSA) is 117 Å². The normalized spacial score (nSPS) is 21.4. The monoisotopic (exact) mass is 547 g/mol. The zero-order valence-corrected chi connectivity index (χ0v) is 22.3. The maximum absolute atomic E-state index is 14.5. The predicted molar refractivity (Wildman–Crippen MR) is 147 cm³/mol. The SMILES string of the molecule is CC/C=C\C/C=C/C/C=C/C/C=C/C/C=C/CCCC(=O)OCC1OC(n2ccc(N)nc2=O)C(F)(F)C1O. The van der Waals surface area contributed by atoms with Crippen LogP contribution in [0.25, 0.3) is 0 Å². The van der Waals surface area contributed by atoms with Crippen LogP contribution in [0.1, 0.15) is 64.5 Å². The Labute approximate surface area is 228 Å². The van der Waals surface area contributed by atoms with Crippen LogP contribution < -0.4 is 11.4 Å². The van der Waals surface area contributed by atoms with Gasteiger partial charge in [-0.1, -0.05) is 67.7 Å². The van der Waals surface area contributed by atoms with Gasteiger partial charge < -0.3 is 20.3 Å². The van der Waals surface area contributed by atoms with E-state index in [-0.39, 0.29) is 12.2 Å². The van der Waals surface area contributed by atoms with E-state index in [9.17, 15) is 23.5 Å². The van der Waals surface area contributed by atoms with Crippen LogP contribution in [0.5, 0.6) is 0 Å². The molecule has 2 heterocycles. The van der Waals surface area contributed by atoms with E-state index in [0.717, 1.165) is 44.4 Å². The number of nitrogens with two attached hydrogens (primary N) is 1. The summed E-state index contributed by atoms with van der Waals surface area (Å²) in [5.41, 5.74) is 4.34. The minimum Gasteiger partial charge on any atom is -0.463 e. The molecular weight excluding hydrogens is 508 g/mol. The van der Waals surface area contributed by atoms with Crippen LogP contribution in [0.2, 0.25) is 0 Å². The number of halogens is 2. The van der Waals surface area contributed by atoms with Gasteiger partial charge in [-0.25, -0.2) is 4.79 Å². The summed E-state index contributed by atoms with van der Waals surface area (Å²) in [7, 11) is 0. The molecule has 0 bridgehead atoms. The minimum atomic E-state index is -3.79. The van der Waals surface area contributed by atoms with E-state index in [1.165, 1.54) is 0 Å². The first-order valence-electron chi connectivity index (χ1n) is 13.2. The van der Waals surface area contributed by atoms with Gasteiger partial charge in [0.1, 0.15) is 18.5 Å². The first-order chi connectivity index (χ1) is 18.8. The number of allylic oxidation sites excluding steroid dienone is 10. The van der Waals surface area contributed by atoms with Gasteiger partial charge in [0.2, 0.25) is 6.23 Å². The van der Waals surface area contributed by atoms with Crippen molar-refractivity contribution in [3.63, 3.8) is 0 Å². The summed E-state index contributed by atoms with van der Waals surface area (Å²) < 4.78 is 39.8. The molecule has 0 aromatic carbocycles. The van der Waals surface area contributed by atoms with E-state index in [4.69, 9.17) is 15.2 Å². The van der Waals surface area contributed by atoms with Gasteiger partial charge in [-0.15, -0.1) is 0 Å². The Kier molecular flexibility index (Phi) is 14.1. The summed E-state index contributed by atoms with van der Waals surface area (Å²) in [5, 5.41) is 9.99. The van der Waals surface area contributed by atoms with E-state index in [2.05, 4.69) is 60.5 Å². The molecular formula is C29H39F2N3O5. The van der Waals surface area contributed by atoms with Crippen LogP contribution in [-0.2, 0) is 14.3 Å². The zero-order chi connectivity index (χ0) is 28.5. The van der Waals surface area contributed by atoms with Gasteiger partial charge in [0.05, 0.1) is 0 Å². The molecule has 1 aromatic heterocycles. The Balaban J connectivity index is 1.59. The number of esters is 1. The highest BCUT2D eigenvalue weighted by molar-refractivity contribution is 5.69. The van der Waals surface area contributed by atoms with Crippen molar-refractivity contribution in [1.29, 1.82) is 0 Å². The van der Waals surface area contributed by atoms with Gasteiger partial charge in [0, 0.05) is 12.6 Å². The molecule has 39 heavy (non-hydrogen) atoms. The molecule has 3 atom stereocenters. The second-order valence-electron chi connectivity index (χ2n) is 8.97. The first-order valence-corrected chi connectivity index (χ1v) is 13.2. The number of hydrogen-bond donors (Lipinski definition) is 2. The Morgan fingerprint density at radius 2 is 1.64 bits per heavy atom. The summed E-state index contributed by atoms with van der Waals surface area (Å²) in [6.07, 6.45) is 22.2. The molecule has 8 nitrogen and oxygen atoms in total. The molecule has 0 spiro atoms. The van der Waals surface area contributed by atoms with Gasteiger partial charge in [0.15, 0.2) is 6.10 Å². The van der Waals surface area contributed by atoms with Crippen molar-refractivity contribution >= 4 is 11.8 Å². The maximum Gasteiger partial charge on any atom is 0.351 e. The van der Waals surface area contributed by atoms with Gasteiger partial charge >= 0.3 is 17.6 Å². The average Bonchev–Trinajstić information content (AvgIpc) is 3.12. The second-order valence-corrected chi connectivity index (χ2v) is 8.97. The standard InChI is InChI=1S/C29H39F2N3O5/c1-2-3-4-5-6-7-8-9-10-11-12-13-14-15-16-17-18-19-25(35)38-22-23-26(36)29(30,31)27(39-23)34-21-20-24(32)33-28(34)37/h3-4,6-7,9-10,12-13,15-16,20-21,23,26-27,36H,2,5,8,11,14,17-19,22H2,1H3,(H2,32,33,37)/b4-3-,7-6+,10-9+,13-12+,16-15+. The third-order valence-electron chi connectivity index (χ3n) is 5.80. The van der Waals surface area contributed by atoms with Crippen LogP contribution >= 0.6 is 0 Å². The highest BCUT2D eigenvalue weighted by atomic mass is 19.3. The molecule has 1 aromatic rings. The Morgan fingerprint density at radius 1 is 1.08 bits per heavy atom. The molecule has 10 heteroatoms. The molecule has 2 rings (SSSR count). The van der Waals surface area contributed by atoms with Gasteiger partial charge in [-0.2, -0.15) is 13.8 Å². The number of nitrogens with zero attached hydrogens (tertiary/aromatic N) is 2. The van der Waals surface area contributed by atoms with Crippen LogP contribution in [0, 0.1) is 0 Å². The Bertz CT molecular complexity index is 1090. The van der Waals surface area contributed by atoms with Crippen molar-refractivity contribution in [3.8, 4) is 0 Å². The van der Waals surface area contributed by atoms with Crippen molar-refractivity contribution in [1.82, 2.24) is 9.55 Å². The average molecular weight is 548 g/mol. The van der Waals surface area contributed by atoms with E-state index in [0.29, 0.717) is 17.4 Å². The number of unbranched alkanes of at least 4 members (excludes halogenated alkanes) is 1. The number of aromatic nitrogens is 2. The van der Waals surface area contributed by atoms with E-state index in [1.807, 2.05) is 12.2 Å². The van der Waals surface area contributed by atoms with Crippen molar-refractivity contribution < 1.29 is 28.2 Å².